The lowest BCUT2D eigenvalue weighted by Gasteiger charge is -2.56. The van der Waals surface area contributed by atoms with Gasteiger partial charge < -0.3 is 9.47 Å². The minimum Gasteiger partial charge on any atom is -0.497 e. The summed E-state index contributed by atoms with van der Waals surface area (Å²) in [6, 6.07) is 6.59. The Morgan fingerprint density at radius 2 is 1.92 bits per heavy atom. The number of carbonyl (C=O) groups is 2. The number of benzene rings is 1. The molecule has 1 aromatic carbocycles. The molecule has 3 aliphatic carbocycles. The second-order valence-electron chi connectivity index (χ2n) is 7.51. The van der Waals surface area contributed by atoms with Crippen molar-refractivity contribution in [1.29, 1.82) is 0 Å². The summed E-state index contributed by atoms with van der Waals surface area (Å²) in [6.45, 7) is 4.95. The fraction of sp³-hybridized carbons (Fsp3) is 0.500. The molecule has 1 fully saturated rings. The van der Waals surface area contributed by atoms with Crippen LogP contribution in [-0.4, -0.2) is 25.7 Å². The summed E-state index contributed by atoms with van der Waals surface area (Å²) in [6.07, 6.45) is 4.78. The lowest BCUT2D eigenvalue weighted by molar-refractivity contribution is -0.00973. The number of ether oxygens (including phenoxy) is 2. The van der Waals surface area contributed by atoms with E-state index < -0.39 is 12.0 Å². The van der Waals surface area contributed by atoms with Crippen LogP contribution in [0, 0.1) is 17.3 Å². The zero-order chi connectivity index (χ0) is 18.7. The van der Waals surface area contributed by atoms with Crippen LogP contribution < -0.4 is 15.6 Å². The highest BCUT2D eigenvalue weighted by molar-refractivity contribution is 5.95. The fourth-order valence-corrected chi connectivity index (χ4v) is 3.98. The minimum atomic E-state index is -0.658. The first kappa shape index (κ1) is 18.3. The summed E-state index contributed by atoms with van der Waals surface area (Å²) in [4.78, 5) is 23.7. The molecular formula is C20H26N2O4. The van der Waals surface area contributed by atoms with Gasteiger partial charge in [-0.3, -0.25) is 10.2 Å². The monoisotopic (exact) mass is 358 g/mol. The summed E-state index contributed by atoms with van der Waals surface area (Å²) in [5.74, 6) is 1.66. The van der Waals surface area contributed by atoms with E-state index in [4.69, 9.17) is 9.47 Å². The third-order valence-electron chi connectivity index (χ3n) is 5.84. The maximum atomic E-state index is 12.0. The molecular weight excluding hydrogens is 332 g/mol. The van der Waals surface area contributed by atoms with Crippen molar-refractivity contribution in [2.24, 2.45) is 17.3 Å². The topological polar surface area (TPSA) is 76.7 Å². The second-order valence-corrected chi connectivity index (χ2v) is 7.51. The van der Waals surface area contributed by atoms with Gasteiger partial charge in [0, 0.05) is 12.0 Å². The Bertz CT molecular complexity index is 709. The van der Waals surface area contributed by atoms with Gasteiger partial charge in [-0.1, -0.05) is 25.5 Å². The predicted octanol–water partition coefficient (Wildman–Crippen LogP) is 3.45. The van der Waals surface area contributed by atoms with Gasteiger partial charge >= 0.3 is 6.09 Å². The minimum absolute atomic E-state index is 0.313. The van der Waals surface area contributed by atoms with Gasteiger partial charge in [-0.25, -0.2) is 10.2 Å². The number of hydrogen-bond acceptors (Lipinski definition) is 4. The molecule has 6 heteroatoms. The number of amides is 2. The van der Waals surface area contributed by atoms with Crippen molar-refractivity contribution in [2.45, 2.75) is 33.1 Å². The lowest BCUT2D eigenvalue weighted by atomic mass is 9.48. The van der Waals surface area contributed by atoms with Crippen LogP contribution in [0.3, 0.4) is 0 Å². The van der Waals surface area contributed by atoms with Gasteiger partial charge in [-0.15, -0.1) is 0 Å². The Morgan fingerprint density at radius 1 is 1.19 bits per heavy atom. The van der Waals surface area contributed by atoms with Crippen LogP contribution in [0.1, 0.15) is 43.5 Å². The van der Waals surface area contributed by atoms with Crippen molar-refractivity contribution in [3.8, 4) is 5.75 Å². The number of hydrogen-bond donors (Lipinski definition) is 2. The van der Waals surface area contributed by atoms with E-state index in [-0.39, 0.29) is 0 Å². The molecule has 2 unspecified atom stereocenters. The first-order chi connectivity index (χ1) is 12.4. The Hall–Kier alpha value is -2.50. The SMILES string of the molecule is COc1ccc(C(=O)NNC(=O)OCCC2=CCC3CC2C3(C)C)cc1. The molecule has 0 heterocycles. The largest absolute Gasteiger partial charge is 0.497 e. The molecule has 2 bridgehead atoms. The molecule has 2 amide bonds. The third-order valence-corrected chi connectivity index (χ3v) is 5.84. The van der Waals surface area contributed by atoms with Crippen LogP contribution in [0.2, 0.25) is 0 Å². The van der Waals surface area contributed by atoms with Crippen molar-refractivity contribution in [3.63, 3.8) is 0 Å². The van der Waals surface area contributed by atoms with Crippen LogP contribution >= 0.6 is 0 Å². The van der Waals surface area contributed by atoms with E-state index >= 15 is 0 Å². The number of allylic oxidation sites excluding steroid dienone is 1. The third kappa shape index (κ3) is 3.69. The average Bonchev–Trinajstić information content (AvgIpc) is 2.66. The zero-order valence-electron chi connectivity index (χ0n) is 15.5. The average molecular weight is 358 g/mol. The first-order valence-corrected chi connectivity index (χ1v) is 8.98. The van der Waals surface area contributed by atoms with Crippen molar-refractivity contribution in [2.75, 3.05) is 13.7 Å². The van der Waals surface area contributed by atoms with Crippen molar-refractivity contribution >= 4 is 12.0 Å². The van der Waals surface area contributed by atoms with Crippen molar-refractivity contribution in [3.05, 3.63) is 41.5 Å². The van der Waals surface area contributed by atoms with Gasteiger partial charge in [-0.2, -0.15) is 0 Å². The maximum Gasteiger partial charge on any atom is 0.426 e. The normalized spacial score (nSPS) is 22.5. The highest BCUT2D eigenvalue weighted by Crippen LogP contribution is 2.59. The van der Waals surface area contributed by atoms with Crippen LogP contribution in [0.4, 0.5) is 4.79 Å². The van der Waals surface area contributed by atoms with E-state index in [1.807, 2.05) is 0 Å². The number of carbonyl (C=O) groups excluding carboxylic acids is 2. The van der Waals surface area contributed by atoms with Gasteiger partial charge in [0.25, 0.3) is 5.91 Å². The first-order valence-electron chi connectivity index (χ1n) is 8.98. The summed E-state index contributed by atoms with van der Waals surface area (Å²) in [7, 11) is 1.56. The highest BCUT2D eigenvalue weighted by atomic mass is 16.6. The van der Waals surface area contributed by atoms with E-state index in [2.05, 4.69) is 30.8 Å². The number of methoxy groups -OCH3 is 1. The molecule has 0 saturated heterocycles. The van der Waals surface area contributed by atoms with Gasteiger partial charge in [0.15, 0.2) is 0 Å². The Labute approximate surface area is 153 Å². The standard InChI is InChI=1S/C20H26N2O4/c1-20(2)15-7-4-13(17(20)12-15)10-11-26-19(24)22-21-18(23)14-5-8-16(25-3)9-6-14/h4-6,8-9,15,17H,7,10-12H2,1-3H3,(H,21,23)(H,22,24). The number of hydrazine groups is 1. The van der Waals surface area contributed by atoms with Crippen molar-refractivity contribution in [1.82, 2.24) is 10.9 Å². The van der Waals surface area contributed by atoms with E-state index in [0.717, 1.165) is 18.8 Å². The summed E-state index contributed by atoms with van der Waals surface area (Å²) in [5.41, 5.74) is 6.80. The Kier molecular flexibility index (Phi) is 5.20. The van der Waals surface area contributed by atoms with Gasteiger partial charge in [-0.05, 0) is 54.4 Å². The van der Waals surface area contributed by atoms with Gasteiger partial charge in [0.2, 0.25) is 0 Å². The zero-order valence-corrected chi connectivity index (χ0v) is 15.5. The van der Waals surface area contributed by atoms with Crippen LogP contribution in [-0.2, 0) is 4.74 Å². The summed E-state index contributed by atoms with van der Waals surface area (Å²) < 4.78 is 10.2. The summed E-state index contributed by atoms with van der Waals surface area (Å²) >= 11 is 0. The Balaban J connectivity index is 1.38. The van der Waals surface area contributed by atoms with E-state index in [0.29, 0.717) is 29.3 Å². The number of rotatable bonds is 5. The van der Waals surface area contributed by atoms with Crippen LogP contribution in [0.5, 0.6) is 5.75 Å². The molecule has 1 saturated carbocycles. The second kappa shape index (κ2) is 7.40. The quantitative estimate of drug-likeness (QED) is 0.624. The molecule has 0 spiro atoms. The lowest BCUT2D eigenvalue weighted by Crippen LogP contribution is -2.48. The molecule has 2 N–H and O–H groups in total. The Morgan fingerprint density at radius 3 is 2.54 bits per heavy atom. The number of nitrogens with one attached hydrogen (secondary N) is 2. The molecule has 26 heavy (non-hydrogen) atoms. The predicted molar refractivity (Wildman–Crippen MR) is 97.6 cm³/mol. The number of fused-ring (bicyclic) bond motifs is 1. The van der Waals surface area contributed by atoms with E-state index in [9.17, 15) is 9.59 Å². The fourth-order valence-electron chi connectivity index (χ4n) is 3.98. The smallest absolute Gasteiger partial charge is 0.426 e. The van der Waals surface area contributed by atoms with Crippen molar-refractivity contribution < 1.29 is 19.1 Å². The molecule has 0 radical (unpaired) electrons. The van der Waals surface area contributed by atoms with Gasteiger partial charge in [0.1, 0.15) is 5.75 Å². The molecule has 1 aromatic rings. The summed E-state index contributed by atoms with van der Waals surface area (Å²) in [5, 5.41) is 0. The van der Waals surface area contributed by atoms with E-state index in [1.165, 1.54) is 12.0 Å². The molecule has 2 atom stereocenters. The van der Waals surface area contributed by atoms with Crippen LogP contribution in [0.25, 0.3) is 0 Å². The van der Waals surface area contributed by atoms with Gasteiger partial charge in [0.05, 0.1) is 13.7 Å². The van der Waals surface area contributed by atoms with E-state index in [1.54, 1.807) is 31.4 Å². The molecule has 140 valence electrons. The molecule has 4 rings (SSSR count). The molecule has 0 aliphatic heterocycles. The maximum absolute atomic E-state index is 12.0. The van der Waals surface area contributed by atoms with Crippen LogP contribution in [0.15, 0.2) is 35.9 Å². The highest BCUT2D eigenvalue weighted by Gasteiger charge is 2.50. The molecule has 6 nitrogen and oxygen atoms in total. The molecule has 3 aliphatic rings. The molecule has 0 aromatic heterocycles.